The van der Waals surface area contributed by atoms with Gasteiger partial charge in [-0.2, -0.15) is 11.0 Å². The lowest BCUT2D eigenvalue weighted by atomic mass is 9.91. The van der Waals surface area contributed by atoms with E-state index in [1.807, 2.05) is 0 Å². The fourth-order valence-electron chi connectivity index (χ4n) is 1.72. The van der Waals surface area contributed by atoms with Gasteiger partial charge in [-0.3, -0.25) is 0 Å². The maximum absolute atomic E-state index is 4.91. The van der Waals surface area contributed by atoms with Crippen molar-refractivity contribution in [1.82, 2.24) is 11.0 Å². The summed E-state index contributed by atoms with van der Waals surface area (Å²) in [6.07, 6.45) is 4.83. The molecule has 0 spiro atoms. The molecular weight excluding hydrogens is 156 g/mol. The normalized spacial score (nSPS) is 30.5. The third kappa shape index (κ3) is 2.71. The van der Waals surface area contributed by atoms with Crippen LogP contribution in [0.5, 0.6) is 0 Å². The zero-order valence-corrected chi connectivity index (χ0v) is 7.80. The molecule has 2 atom stereocenters. The van der Waals surface area contributed by atoms with Gasteiger partial charge in [-0.1, -0.05) is 12.8 Å². The first-order valence-electron chi connectivity index (χ1n) is 4.45. The van der Waals surface area contributed by atoms with Crippen LogP contribution in [0.25, 0.3) is 0 Å². The average Bonchev–Trinajstić information content (AvgIpc) is 2.09. The molecule has 0 unspecified atom stereocenters. The average molecular weight is 174 g/mol. The van der Waals surface area contributed by atoms with E-state index in [2.05, 4.69) is 11.0 Å². The second-order valence-corrected chi connectivity index (χ2v) is 3.14. The topological polar surface area (TPSA) is 42.5 Å². The maximum Gasteiger partial charge on any atom is 0.0572 e. The van der Waals surface area contributed by atoms with Gasteiger partial charge in [-0.05, 0) is 12.8 Å². The van der Waals surface area contributed by atoms with Gasteiger partial charge < -0.3 is 9.68 Å². The zero-order valence-electron chi connectivity index (χ0n) is 7.80. The fraction of sp³-hybridized carbons (Fsp3) is 1.00. The van der Waals surface area contributed by atoms with Gasteiger partial charge in [0.15, 0.2) is 0 Å². The fourth-order valence-corrected chi connectivity index (χ4v) is 1.72. The van der Waals surface area contributed by atoms with Gasteiger partial charge in [0.2, 0.25) is 0 Å². The molecule has 0 radical (unpaired) electrons. The Kier molecular flexibility index (Phi) is 4.53. The Bertz CT molecular complexity index is 104. The molecule has 1 rings (SSSR count). The van der Waals surface area contributed by atoms with E-state index < -0.39 is 0 Å². The first-order chi connectivity index (χ1) is 5.88. The highest BCUT2D eigenvalue weighted by molar-refractivity contribution is 4.81. The summed E-state index contributed by atoms with van der Waals surface area (Å²) < 4.78 is 0. The molecule has 0 heterocycles. The molecule has 1 aliphatic carbocycles. The van der Waals surface area contributed by atoms with E-state index in [1.165, 1.54) is 12.8 Å². The van der Waals surface area contributed by atoms with Crippen LogP contribution in [0, 0.1) is 0 Å². The van der Waals surface area contributed by atoms with E-state index in [4.69, 9.17) is 9.68 Å². The van der Waals surface area contributed by atoms with Crippen molar-refractivity contribution in [3.8, 4) is 0 Å². The molecule has 0 aromatic carbocycles. The zero-order chi connectivity index (χ0) is 8.81. The minimum atomic E-state index is 0.378. The molecule has 0 bridgehead atoms. The standard InChI is InChI=1S/C8H18N2O2/c1-11-9-7-5-3-4-6-8(7)10-12-2/h7-10H,3-6H2,1-2H3/t7-,8+. The van der Waals surface area contributed by atoms with Crippen LogP contribution in [0.4, 0.5) is 0 Å². The quantitative estimate of drug-likeness (QED) is 0.612. The summed E-state index contributed by atoms with van der Waals surface area (Å²) in [5, 5.41) is 0. The molecule has 1 saturated carbocycles. The lowest BCUT2D eigenvalue weighted by Crippen LogP contribution is -2.49. The van der Waals surface area contributed by atoms with Gasteiger partial charge in [0.25, 0.3) is 0 Å². The molecule has 0 aromatic heterocycles. The molecule has 72 valence electrons. The molecule has 1 fully saturated rings. The van der Waals surface area contributed by atoms with Crippen LogP contribution in [-0.4, -0.2) is 26.3 Å². The van der Waals surface area contributed by atoms with E-state index in [9.17, 15) is 0 Å². The molecule has 0 aromatic rings. The molecule has 4 heteroatoms. The number of hydrogen-bond acceptors (Lipinski definition) is 4. The van der Waals surface area contributed by atoms with Crippen molar-refractivity contribution in [2.24, 2.45) is 0 Å². The van der Waals surface area contributed by atoms with E-state index in [1.54, 1.807) is 14.2 Å². The Morgan fingerprint density at radius 2 is 1.33 bits per heavy atom. The largest absolute Gasteiger partial charge is 0.305 e. The maximum atomic E-state index is 4.91. The Labute approximate surface area is 73.5 Å². The van der Waals surface area contributed by atoms with Gasteiger partial charge in [-0.15, -0.1) is 0 Å². The predicted molar refractivity (Wildman–Crippen MR) is 46.3 cm³/mol. The monoisotopic (exact) mass is 174 g/mol. The van der Waals surface area contributed by atoms with E-state index in [0.717, 1.165) is 12.8 Å². The molecule has 0 saturated heterocycles. The number of hydroxylamine groups is 2. The van der Waals surface area contributed by atoms with Crippen molar-refractivity contribution in [3.05, 3.63) is 0 Å². The third-order valence-electron chi connectivity index (χ3n) is 2.30. The highest BCUT2D eigenvalue weighted by atomic mass is 16.6. The van der Waals surface area contributed by atoms with Crippen LogP contribution >= 0.6 is 0 Å². The third-order valence-corrected chi connectivity index (χ3v) is 2.30. The number of hydrogen-bond donors (Lipinski definition) is 2. The predicted octanol–water partition coefficient (Wildman–Crippen LogP) is 0.600. The Balaban J connectivity index is 2.31. The number of nitrogens with one attached hydrogen (secondary N) is 2. The summed E-state index contributed by atoms with van der Waals surface area (Å²) in [5.41, 5.74) is 5.95. The summed E-state index contributed by atoms with van der Waals surface area (Å²) in [5.74, 6) is 0. The van der Waals surface area contributed by atoms with Gasteiger partial charge in [0.1, 0.15) is 0 Å². The van der Waals surface area contributed by atoms with Gasteiger partial charge in [0, 0.05) is 12.1 Å². The van der Waals surface area contributed by atoms with Crippen molar-refractivity contribution in [3.63, 3.8) is 0 Å². The van der Waals surface area contributed by atoms with Crippen LogP contribution in [0.1, 0.15) is 25.7 Å². The van der Waals surface area contributed by atoms with Crippen molar-refractivity contribution in [2.45, 2.75) is 37.8 Å². The molecule has 0 aliphatic heterocycles. The first kappa shape index (κ1) is 9.92. The molecular formula is C8H18N2O2. The van der Waals surface area contributed by atoms with Gasteiger partial charge >= 0.3 is 0 Å². The van der Waals surface area contributed by atoms with Crippen molar-refractivity contribution >= 4 is 0 Å². The smallest absolute Gasteiger partial charge is 0.0572 e. The lowest BCUT2D eigenvalue weighted by molar-refractivity contribution is -0.0125. The van der Waals surface area contributed by atoms with E-state index >= 15 is 0 Å². The molecule has 1 aliphatic rings. The van der Waals surface area contributed by atoms with E-state index in [-0.39, 0.29) is 0 Å². The Hall–Kier alpha value is -0.160. The van der Waals surface area contributed by atoms with Gasteiger partial charge in [-0.25, -0.2) is 0 Å². The van der Waals surface area contributed by atoms with Crippen molar-refractivity contribution < 1.29 is 9.68 Å². The highest BCUT2D eigenvalue weighted by Gasteiger charge is 2.24. The molecule has 12 heavy (non-hydrogen) atoms. The minimum Gasteiger partial charge on any atom is -0.305 e. The van der Waals surface area contributed by atoms with Crippen molar-refractivity contribution in [2.75, 3.05) is 14.2 Å². The second-order valence-electron chi connectivity index (χ2n) is 3.14. The summed E-state index contributed by atoms with van der Waals surface area (Å²) in [6.45, 7) is 0. The van der Waals surface area contributed by atoms with Gasteiger partial charge in [0.05, 0.1) is 14.2 Å². The summed E-state index contributed by atoms with van der Waals surface area (Å²) in [7, 11) is 3.30. The SMILES string of the molecule is CON[C@H]1CCCC[C@H]1NOC. The second kappa shape index (κ2) is 5.48. The molecule has 2 N–H and O–H groups in total. The van der Waals surface area contributed by atoms with Crippen LogP contribution in [-0.2, 0) is 9.68 Å². The van der Waals surface area contributed by atoms with Crippen LogP contribution < -0.4 is 11.0 Å². The number of rotatable bonds is 4. The van der Waals surface area contributed by atoms with Crippen molar-refractivity contribution in [1.29, 1.82) is 0 Å². The highest BCUT2D eigenvalue weighted by Crippen LogP contribution is 2.18. The summed E-state index contributed by atoms with van der Waals surface area (Å²) in [6, 6.07) is 0.757. The van der Waals surface area contributed by atoms with Crippen LogP contribution in [0.15, 0.2) is 0 Å². The molecule has 0 amide bonds. The Morgan fingerprint density at radius 1 is 0.917 bits per heavy atom. The van der Waals surface area contributed by atoms with Crippen LogP contribution in [0.3, 0.4) is 0 Å². The lowest BCUT2D eigenvalue weighted by Gasteiger charge is -2.30. The summed E-state index contributed by atoms with van der Waals surface area (Å²) in [4.78, 5) is 9.82. The molecule has 4 nitrogen and oxygen atoms in total. The summed E-state index contributed by atoms with van der Waals surface area (Å²) >= 11 is 0. The first-order valence-corrected chi connectivity index (χ1v) is 4.45. The minimum absolute atomic E-state index is 0.378. The van der Waals surface area contributed by atoms with Crippen LogP contribution in [0.2, 0.25) is 0 Å². The Morgan fingerprint density at radius 3 is 1.67 bits per heavy atom. The van der Waals surface area contributed by atoms with E-state index in [0.29, 0.717) is 12.1 Å².